The number of carboxylic acid groups (broad SMARTS) is 1. The molecule has 0 aliphatic heterocycles. The second kappa shape index (κ2) is 8.47. The quantitative estimate of drug-likeness (QED) is 0.674. The van der Waals surface area contributed by atoms with Crippen molar-refractivity contribution in [3.8, 4) is 5.75 Å². The van der Waals surface area contributed by atoms with Crippen molar-refractivity contribution in [3.63, 3.8) is 0 Å². The zero-order chi connectivity index (χ0) is 18.3. The summed E-state index contributed by atoms with van der Waals surface area (Å²) in [6.45, 7) is 4.40. The second-order valence-corrected chi connectivity index (χ2v) is 6.04. The summed E-state index contributed by atoms with van der Waals surface area (Å²) in [7, 11) is 0. The highest BCUT2D eigenvalue weighted by Crippen LogP contribution is 2.23. The van der Waals surface area contributed by atoms with E-state index < -0.39 is 30.6 Å². The highest BCUT2D eigenvalue weighted by Gasteiger charge is 2.21. The van der Waals surface area contributed by atoms with E-state index in [9.17, 15) is 18.4 Å². The molecule has 1 rings (SSSR count). The molecule has 134 valence electrons. The molecule has 0 saturated heterocycles. The first-order valence-corrected chi connectivity index (χ1v) is 7.41. The molecule has 0 aliphatic rings. The minimum absolute atomic E-state index is 0.0660. The predicted molar refractivity (Wildman–Crippen MR) is 85.8 cm³/mol. The molecule has 0 radical (unpaired) electrons. The van der Waals surface area contributed by atoms with Gasteiger partial charge in [0.1, 0.15) is 12.4 Å². The molecule has 0 heterocycles. The van der Waals surface area contributed by atoms with Crippen molar-refractivity contribution in [3.05, 3.63) is 23.8 Å². The standard InChI is InChI=1S/C16H22F2N2O4/c1-10-4-5-11(8-12(10)24-9-13(17)18)19-15(23)20-16(2,3)7-6-14(21)22/h4-5,8,13H,6-7,9H2,1-3H3,(H,21,22)(H2,19,20,23). The number of aliphatic carboxylic acids is 1. The van der Waals surface area contributed by atoms with Gasteiger partial charge in [0.2, 0.25) is 0 Å². The van der Waals surface area contributed by atoms with E-state index in [4.69, 9.17) is 9.84 Å². The minimum Gasteiger partial charge on any atom is -0.487 e. The van der Waals surface area contributed by atoms with Gasteiger partial charge in [-0.3, -0.25) is 4.79 Å². The van der Waals surface area contributed by atoms with Crippen molar-refractivity contribution in [2.75, 3.05) is 11.9 Å². The molecular weight excluding hydrogens is 322 g/mol. The van der Waals surface area contributed by atoms with E-state index in [-0.39, 0.29) is 18.6 Å². The van der Waals surface area contributed by atoms with Crippen LogP contribution in [0.1, 0.15) is 32.3 Å². The van der Waals surface area contributed by atoms with Crippen LogP contribution in [0.15, 0.2) is 18.2 Å². The highest BCUT2D eigenvalue weighted by atomic mass is 19.3. The Morgan fingerprint density at radius 2 is 2.00 bits per heavy atom. The fraction of sp³-hybridized carbons (Fsp3) is 0.500. The van der Waals surface area contributed by atoms with E-state index >= 15 is 0 Å². The summed E-state index contributed by atoms with van der Waals surface area (Å²) in [6.07, 6.45) is -2.38. The Balaban J connectivity index is 2.66. The van der Waals surface area contributed by atoms with Gasteiger partial charge in [-0.25, -0.2) is 13.6 Å². The number of carbonyl (C=O) groups excluding carboxylic acids is 1. The molecule has 0 unspecified atom stereocenters. The third-order valence-electron chi connectivity index (χ3n) is 3.23. The van der Waals surface area contributed by atoms with Crippen LogP contribution in [0.2, 0.25) is 0 Å². The van der Waals surface area contributed by atoms with E-state index in [1.54, 1.807) is 32.9 Å². The molecule has 3 N–H and O–H groups in total. The summed E-state index contributed by atoms with van der Waals surface area (Å²) in [5.41, 5.74) is 0.349. The first-order chi connectivity index (χ1) is 11.1. The molecule has 6 nitrogen and oxygen atoms in total. The molecular formula is C16H22F2N2O4. The van der Waals surface area contributed by atoms with Gasteiger partial charge in [-0.2, -0.15) is 0 Å². The molecule has 0 atom stereocenters. The van der Waals surface area contributed by atoms with E-state index in [1.165, 1.54) is 6.07 Å². The summed E-state index contributed by atoms with van der Waals surface area (Å²) >= 11 is 0. The van der Waals surface area contributed by atoms with Crippen LogP contribution in [0.5, 0.6) is 5.75 Å². The molecule has 0 fully saturated rings. The fourth-order valence-corrected chi connectivity index (χ4v) is 1.94. The summed E-state index contributed by atoms with van der Waals surface area (Å²) < 4.78 is 29.5. The van der Waals surface area contributed by atoms with E-state index in [1.807, 2.05) is 0 Å². The normalized spacial score (nSPS) is 11.2. The summed E-state index contributed by atoms with van der Waals surface area (Å²) in [4.78, 5) is 22.6. The number of carboxylic acids is 1. The van der Waals surface area contributed by atoms with Crippen LogP contribution in [-0.2, 0) is 4.79 Å². The van der Waals surface area contributed by atoms with Gasteiger partial charge >= 0.3 is 12.0 Å². The zero-order valence-electron chi connectivity index (χ0n) is 13.9. The van der Waals surface area contributed by atoms with Crippen LogP contribution < -0.4 is 15.4 Å². The van der Waals surface area contributed by atoms with Crippen molar-refractivity contribution in [1.82, 2.24) is 5.32 Å². The average Bonchev–Trinajstić information content (AvgIpc) is 2.45. The molecule has 1 aromatic carbocycles. The molecule has 24 heavy (non-hydrogen) atoms. The Morgan fingerprint density at radius 1 is 1.33 bits per heavy atom. The van der Waals surface area contributed by atoms with Crippen LogP contribution >= 0.6 is 0 Å². The highest BCUT2D eigenvalue weighted by molar-refractivity contribution is 5.90. The van der Waals surface area contributed by atoms with Gasteiger partial charge < -0.3 is 20.5 Å². The summed E-state index contributed by atoms with van der Waals surface area (Å²) in [5.74, 6) is -0.678. The van der Waals surface area contributed by atoms with Gasteiger partial charge in [0, 0.05) is 23.7 Å². The second-order valence-electron chi connectivity index (χ2n) is 6.04. The van der Waals surface area contributed by atoms with Gasteiger partial charge in [0.05, 0.1) is 0 Å². The number of alkyl halides is 2. The van der Waals surface area contributed by atoms with Gasteiger partial charge in [0.25, 0.3) is 6.43 Å². The van der Waals surface area contributed by atoms with Crippen molar-refractivity contribution >= 4 is 17.7 Å². The number of rotatable bonds is 8. The topological polar surface area (TPSA) is 87.7 Å². The number of nitrogens with one attached hydrogen (secondary N) is 2. The molecule has 0 aromatic heterocycles. The summed E-state index contributed by atoms with van der Waals surface area (Å²) in [6, 6.07) is 4.20. The molecule has 1 aromatic rings. The maximum absolute atomic E-state index is 12.2. The first kappa shape index (κ1) is 19.7. The molecule has 8 heteroatoms. The number of hydrogen-bond donors (Lipinski definition) is 3. The fourth-order valence-electron chi connectivity index (χ4n) is 1.94. The zero-order valence-corrected chi connectivity index (χ0v) is 13.9. The number of ether oxygens (including phenoxy) is 1. The maximum atomic E-state index is 12.2. The molecule has 0 aliphatic carbocycles. The lowest BCUT2D eigenvalue weighted by molar-refractivity contribution is -0.137. The van der Waals surface area contributed by atoms with Crippen LogP contribution in [0.4, 0.5) is 19.3 Å². The number of amides is 2. The first-order valence-electron chi connectivity index (χ1n) is 7.41. The Kier molecular flexibility index (Phi) is 6.94. The number of halogens is 2. The third-order valence-corrected chi connectivity index (χ3v) is 3.23. The molecule has 0 bridgehead atoms. The van der Waals surface area contributed by atoms with Gasteiger partial charge in [-0.05, 0) is 38.8 Å². The number of aryl methyl sites for hydroxylation is 1. The number of hydrogen-bond acceptors (Lipinski definition) is 3. The molecule has 0 saturated carbocycles. The number of anilines is 1. The lowest BCUT2D eigenvalue weighted by Gasteiger charge is -2.25. The number of urea groups is 1. The predicted octanol–water partition coefficient (Wildman–Crippen LogP) is 3.40. The van der Waals surface area contributed by atoms with Gasteiger partial charge in [0.15, 0.2) is 0 Å². The van der Waals surface area contributed by atoms with Gasteiger partial charge in [-0.15, -0.1) is 0 Å². The lowest BCUT2D eigenvalue weighted by atomic mass is 9.99. The van der Waals surface area contributed by atoms with Crippen molar-refractivity contribution in [2.45, 2.75) is 45.6 Å². The molecule has 2 amide bonds. The largest absolute Gasteiger partial charge is 0.487 e. The van der Waals surface area contributed by atoms with E-state index in [0.717, 1.165) is 0 Å². The van der Waals surface area contributed by atoms with Crippen LogP contribution in [0, 0.1) is 6.92 Å². The minimum atomic E-state index is -2.58. The Bertz CT molecular complexity index is 591. The van der Waals surface area contributed by atoms with E-state index in [0.29, 0.717) is 11.3 Å². The Labute approximate surface area is 139 Å². The average molecular weight is 344 g/mol. The van der Waals surface area contributed by atoms with Crippen molar-refractivity contribution in [1.29, 1.82) is 0 Å². The third kappa shape index (κ3) is 7.26. The maximum Gasteiger partial charge on any atom is 0.319 e. The smallest absolute Gasteiger partial charge is 0.319 e. The Morgan fingerprint density at radius 3 is 2.58 bits per heavy atom. The summed E-state index contributed by atoms with van der Waals surface area (Å²) in [5, 5.41) is 13.9. The number of benzene rings is 1. The SMILES string of the molecule is Cc1ccc(NC(=O)NC(C)(C)CCC(=O)O)cc1OCC(F)F. The van der Waals surface area contributed by atoms with Crippen molar-refractivity contribution < 1.29 is 28.2 Å². The van der Waals surface area contributed by atoms with Gasteiger partial charge in [-0.1, -0.05) is 6.07 Å². The number of carbonyl (C=O) groups is 2. The van der Waals surface area contributed by atoms with Crippen LogP contribution in [-0.4, -0.2) is 35.7 Å². The lowest BCUT2D eigenvalue weighted by Crippen LogP contribution is -2.45. The van der Waals surface area contributed by atoms with Crippen LogP contribution in [0.25, 0.3) is 0 Å². The van der Waals surface area contributed by atoms with E-state index in [2.05, 4.69) is 10.6 Å². The monoisotopic (exact) mass is 344 g/mol. The molecule has 0 spiro atoms. The Hall–Kier alpha value is -2.38. The van der Waals surface area contributed by atoms with Crippen molar-refractivity contribution in [2.24, 2.45) is 0 Å². The van der Waals surface area contributed by atoms with Crippen LogP contribution in [0.3, 0.4) is 0 Å².